The van der Waals surface area contributed by atoms with Crippen LogP contribution >= 0.6 is 23.9 Å². The monoisotopic (exact) mass is 354 g/mol. The fourth-order valence-electron chi connectivity index (χ4n) is 2.45. The lowest BCUT2D eigenvalue weighted by Gasteiger charge is -2.21. The maximum atomic E-state index is 3.57. The van der Waals surface area contributed by atoms with Crippen LogP contribution in [-0.4, -0.2) is 0 Å². The van der Waals surface area contributed by atoms with Gasteiger partial charge >= 0.3 is 0 Å². The van der Waals surface area contributed by atoms with Gasteiger partial charge in [0.1, 0.15) is 0 Å². The Morgan fingerprint density at radius 3 is 1.71 bits per heavy atom. The summed E-state index contributed by atoms with van der Waals surface area (Å²) in [5.41, 5.74) is 1.34. The van der Waals surface area contributed by atoms with Crippen molar-refractivity contribution in [2.45, 2.75) is 6.92 Å². The number of hydrogen-bond acceptors (Lipinski definition) is 0. The maximum Gasteiger partial charge on any atom is 0.0178 e. The molecule has 0 bridgehead atoms. The smallest absolute Gasteiger partial charge is 0.0178 e. The Balaban J connectivity index is 2.17. The van der Waals surface area contributed by atoms with E-state index in [4.69, 9.17) is 0 Å². The minimum Gasteiger partial charge on any atom is -0.0622 e. The van der Waals surface area contributed by atoms with Crippen LogP contribution in [0.15, 0.2) is 83.3 Å². The molecule has 0 heterocycles. The van der Waals surface area contributed by atoms with Crippen LogP contribution in [0.1, 0.15) is 5.56 Å². The highest BCUT2D eigenvalue weighted by Crippen LogP contribution is 2.34. The molecule has 0 aliphatic carbocycles. The molecule has 104 valence electrons. The first kappa shape index (κ1) is 14.5. The minimum atomic E-state index is -0.500. The van der Waals surface area contributed by atoms with E-state index in [0.717, 1.165) is 4.47 Å². The standard InChI is InChI=1S/C19H16BrP/c1-15-14-16(20)12-13-19(15)21(17-8-4-2-5-9-17)18-10-6-3-7-11-18/h2-14H,1H3. The van der Waals surface area contributed by atoms with Gasteiger partial charge < -0.3 is 0 Å². The van der Waals surface area contributed by atoms with E-state index in [1.807, 2.05) is 0 Å². The van der Waals surface area contributed by atoms with Gasteiger partial charge in [0.2, 0.25) is 0 Å². The summed E-state index contributed by atoms with van der Waals surface area (Å²) >= 11 is 3.57. The number of halogens is 1. The van der Waals surface area contributed by atoms with Crippen molar-refractivity contribution < 1.29 is 0 Å². The second kappa shape index (κ2) is 6.56. The van der Waals surface area contributed by atoms with Crippen LogP contribution in [0.2, 0.25) is 0 Å². The zero-order valence-corrected chi connectivity index (χ0v) is 14.3. The van der Waals surface area contributed by atoms with Gasteiger partial charge in [-0.2, -0.15) is 0 Å². The molecule has 0 amide bonds. The van der Waals surface area contributed by atoms with Gasteiger partial charge in [-0.25, -0.2) is 0 Å². The molecule has 3 rings (SSSR count). The van der Waals surface area contributed by atoms with Crippen molar-refractivity contribution in [1.82, 2.24) is 0 Å². The molecule has 0 saturated carbocycles. The fourth-order valence-corrected chi connectivity index (χ4v) is 5.36. The molecule has 21 heavy (non-hydrogen) atoms. The highest BCUT2D eigenvalue weighted by molar-refractivity contribution is 9.10. The fraction of sp³-hybridized carbons (Fsp3) is 0.0526. The molecule has 0 nitrogen and oxygen atoms in total. The van der Waals surface area contributed by atoms with Crippen molar-refractivity contribution >= 4 is 39.8 Å². The molecule has 0 aliphatic rings. The zero-order valence-electron chi connectivity index (χ0n) is 11.8. The number of hydrogen-bond donors (Lipinski definition) is 0. The van der Waals surface area contributed by atoms with Gasteiger partial charge in [0.15, 0.2) is 0 Å². The van der Waals surface area contributed by atoms with E-state index in [-0.39, 0.29) is 0 Å². The van der Waals surface area contributed by atoms with Crippen molar-refractivity contribution in [2.24, 2.45) is 0 Å². The normalized spacial score (nSPS) is 10.8. The van der Waals surface area contributed by atoms with Crippen molar-refractivity contribution in [2.75, 3.05) is 0 Å². The van der Waals surface area contributed by atoms with Crippen molar-refractivity contribution in [3.05, 3.63) is 88.9 Å². The predicted octanol–water partition coefficient (Wildman–Crippen LogP) is 4.52. The van der Waals surface area contributed by atoms with E-state index in [2.05, 4.69) is 102 Å². The number of rotatable bonds is 3. The van der Waals surface area contributed by atoms with E-state index >= 15 is 0 Å². The summed E-state index contributed by atoms with van der Waals surface area (Å²) in [5.74, 6) is 0. The highest BCUT2D eigenvalue weighted by Gasteiger charge is 2.17. The molecule has 0 aromatic heterocycles. The molecule has 0 N–H and O–H groups in total. The molecular weight excluding hydrogens is 339 g/mol. The first-order valence-corrected chi connectivity index (χ1v) is 9.05. The first-order valence-electron chi connectivity index (χ1n) is 6.92. The Hall–Kier alpha value is -1.43. The summed E-state index contributed by atoms with van der Waals surface area (Å²) in [7, 11) is -0.500. The average molecular weight is 355 g/mol. The highest BCUT2D eigenvalue weighted by atomic mass is 79.9. The second-order valence-electron chi connectivity index (χ2n) is 4.94. The number of benzene rings is 3. The van der Waals surface area contributed by atoms with Gasteiger partial charge in [-0.3, -0.25) is 0 Å². The molecule has 0 saturated heterocycles. The SMILES string of the molecule is Cc1cc(Br)ccc1P(c1ccccc1)c1ccccc1. The summed E-state index contributed by atoms with van der Waals surface area (Å²) in [5, 5.41) is 4.21. The van der Waals surface area contributed by atoms with E-state index in [1.165, 1.54) is 21.5 Å². The third-order valence-electron chi connectivity index (χ3n) is 3.43. The molecule has 3 aromatic carbocycles. The van der Waals surface area contributed by atoms with Gasteiger partial charge in [-0.05, 0) is 48.5 Å². The molecule has 0 aliphatic heterocycles. The zero-order chi connectivity index (χ0) is 14.7. The van der Waals surface area contributed by atoms with Gasteiger partial charge in [-0.15, -0.1) is 0 Å². The molecular formula is C19H16BrP. The summed E-state index contributed by atoms with van der Waals surface area (Å²) in [4.78, 5) is 0. The first-order chi connectivity index (χ1) is 10.3. The summed E-state index contributed by atoms with van der Waals surface area (Å²) in [6, 6.07) is 28.2. The molecule has 3 aromatic rings. The van der Waals surface area contributed by atoms with Crippen LogP contribution in [0.25, 0.3) is 0 Å². The van der Waals surface area contributed by atoms with Crippen molar-refractivity contribution in [3.8, 4) is 0 Å². The summed E-state index contributed by atoms with van der Waals surface area (Å²) in [6.07, 6.45) is 0. The lowest BCUT2D eigenvalue weighted by atomic mass is 10.2. The molecule has 2 heteroatoms. The molecule has 0 radical (unpaired) electrons. The Morgan fingerprint density at radius 1 is 0.714 bits per heavy atom. The summed E-state index contributed by atoms with van der Waals surface area (Å²) in [6.45, 7) is 2.20. The third kappa shape index (κ3) is 3.26. The Labute approximate surface area is 135 Å². The van der Waals surface area contributed by atoms with Crippen LogP contribution < -0.4 is 15.9 Å². The topological polar surface area (TPSA) is 0 Å². The van der Waals surface area contributed by atoms with Crippen LogP contribution in [0.4, 0.5) is 0 Å². The predicted molar refractivity (Wildman–Crippen MR) is 97.6 cm³/mol. The maximum absolute atomic E-state index is 3.57. The van der Waals surface area contributed by atoms with E-state index in [9.17, 15) is 0 Å². The Bertz CT molecular complexity index is 684. The van der Waals surface area contributed by atoms with Crippen LogP contribution in [-0.2, 0) is 0 Å². The third-order valence-corrected chi connectivity index (χ3v) is 6.53. The van der Waals surface area contributed by atoms with Crippen LogP contribution in [0.3, 0.4) is 0 Å². The molecule has 0 spiro atoms. The lowest BCUT2D eigenvalue weighted by molar-refractivity contribution is 1.49. The summed E-state index contributed by atoms with van der Waals surface area (Å²) < 4.78 is 1.14. The largest absolute Gasteiger partial charge is 0.0622 e. The van der Waals surface area contributed by atoms with Gasteiger partial charge in [-0.1, -0.05) is 82.7 Å². The van der Waals surface area contributed by atoms with Crippen molar-refractivity contribution in [3.63, 3.8) is 0 Å². The average Bonchev–Trinajstić information content (AvgIpc) is 2.52. The van der Waals surface area contributed by atoms with Crippen LogP contribution in [0.5, 0.6) is 0 Å². The van der Waals surface area contributed by atoms with E-state index in [1.54, 1.807) is 0 Å². The van der Waals surface area contributed by atoms with Crippen molar-refractivity contribution in [1.29, 1.82) is 0 Å². The van der Waals surface area contributed by atoms with Gasteiger partial charge in [0.05, 0.1) is 0 Å². The molecule has 0 atom stereocenters. The number of aryl methyl sites for hydroxylation is 1. The Morgan fingerprint density at radius 2 is 1.24 bits per heavy atom. The molecule has 0 fully saturated rings. The van der Waals surface area contributed by atoms with Gasteiger partial charge in [0, 0.05) is 4.47 Å². The Kier molecular flexibility index (Phi) is 4.53. The lowest BCUT2D eigenvalue weighted by Crippen LogP contribution is -2.22. The van der Waals surface area contributed by atoms with E-state index in [0.29, 0.717) is 0 Å². The second-order valence-corrected chi connectivity index (χ2v) is 8.04. The van der Waals surface area contributed by atoms with Crippen LogP contribution in [0, 0.1) is 6.92 Å². The van der Waals surface area contributed by atoms with Gasteiger partial charge in [0.25, 0.3) is 0 Å². The minimum absolute atomic E-state index is 0.500. The molecule has 0 unspecified atom stereocenters. The quantitative estimate of drug-likeness (QED) is 0.606. The van der Waals surface area contributed by atoms with E-state index < -0.39 is 7.92 Å².